The molecular formula is C42H66N4. The highest BCUT2D eigenvalue weighted by Gasteiger charge is 2.40. The molecule has 0 N–H and O–H groups in total. The van der Waals surface area contributed by atoms with E-state index in [4.69, 9.17) is 9.98 Å². The summed E-state index contributed by atoms with van der Waals surface area (Å²) in [5.41, 5.74) is 8.14. The van der Waals surface area contributed by atoms with Gasteiger partial charge in [-0.3, -0.25) is 9.98 Å². The number of aliphatic imine (C=N–C) groups is 2. The molecule has 0 spiro atoms. The second-order valence-electron chi connectivity index (χ2n) is 18.6. The maximum absolute atomic E-state index is 5.59. The fraction of sp³-hybridized carbons (Fsp3) is 0.667. The fourth-order valence-electron chi connectivity index (χ4n) is 6.32. The highest BCUT2D eigenvalue weighted by Crippen LogP contribution is 2.39. The van der Waals surface area contributed by atoms with E-state index in [1.807, 2.05) is 0 Å². The van der Waals surface area contributed by atoms with Crippen molar-refractivity contribution in [2.45, 2.75) is 157 Å². The highest BCUT2D eigenvalue weighted by atomic mass is 15.4. The Bertz CT molecular complexity index is 1270. The summed E-state index contributed by atoms with van der Waals surface area (Å²) in [4.78, 5) is 16.2. The van der Waals surface area contributed by atoms with Crippen LogP contribution in [0.15, 0.2) is 46.4 Å². The minimum absolute atomic E-state index is 0.0401. The Morgan fingerprint density at radius 3 is 1.00 bits per heavy atom. The summed E-state index contributed by atoms with van der Waals surface area (Å²) < 4.78 is 0. The van der Waals surface area contributed by atoms with Gasteiger partial charge in [-0.15, -0.1) is 0 Å². The minimum Gasteiger partial charge on any atom is -0.321 e. The first-order chi connectivity index (χ1) is 21.0. The first kappa shape index (κ1) is 36.2. The standard InChI is InChI=1S/C42H66N4/c1-17-27(3)35-25-45(33-21-29(39(5,6)7)19-30(22-33)40(8,9)10)37(43-35)38-44-36(28(4)18-2)26-46(38)34-23-31(41(11,12)13)20-32(24-34)42(14,15)16/h19-24,27-28,35-36H,17-18,25-26H2,1-16H3/t27-,28-,35+,36+/m0/s1. The van der Waals surface area contributed by atoms with Crippen molar-refractivity contribution in [3.63, 3.8) is 0 Å². The van der Waals surface area contributed by atoms with Gasteiger partial charge in [-0.25, -0.2) is 0 Å². The average molecular weight is 627 g/mol. The molecule has 0 amide bonds. The normalized spacial score (nSPS) is 21.0. The molecule has 46 heavy (non-hydrogen) atoms. The van der Waals surface area contributed by atoms with E-state index in [-0.39, 0.29) is 33.7 Å². The molecule has 2 aliphatic heterocycles. The summed E-state index contributed by atoms with van der Waals surface area (Å²) in [7, 11) is 0. The zero-order valence-corrected chi connectivity index (χ0v) is 32.4. The first-order valence-electron chi connectivity index (χ1n) is 18.1. The number of hydrogen-bond acceptors (Lipinski definition) is 4. The van der Waals surface area contributed by atoms with Gasteiger partial charge in [0.05, 0.1) is 12.1 Å². The first-order valence-corrected chi connectivity index (χ1v) is 18.1. The van der Waals surface area contributed by atoms with Crippen LogP contribution >= 0.6 is 0 Å². The lowest BCUT2D eigenvalue weighted by molar-refractivity contribution is 0.464. The van der Waals surface area contributed by atoms with Crippen molar-refractivity contribution in [1.29, 1.82) is 0 Å². The molecule has 4 nitrogen and oxygen atoms in total. The maximum Gasteiger partial charge on any atom is 0.172 e. The Labute approximate surface area is 283 Å². The van der Waals surface area contributed by atoms with Crippen LogP contribution in [0.2, 0.25) is 0 Å². The summed E-state index contributed by atoms with van der Waals surface area (Å²) >= 11 is 0. The van der Waals surface area contributed by atoms with Crippen molar-refractivity contribution in [2.24, 2.45) is 21.8 Å². The summed E-state index contributed by atoms with van der Waals surface area (Å²) in [6.07, 6.45) is 2.22. The number of nitrogens with zero attached hydrogens (tertiary/aromatic N) is 4. The van der Waals surface area contributed by atoms with Crippen LogP contribution in [-0.4, -0.2) is 36.8 Å². The van der Waals surface area contributed by atoms with Crippen molar-refractivity contribution < 1.29 is 0 Å². The molecule has 2 aromatic rings. The molecule has 0 aliphatic carbocycles. The Hall–Kier alpha value is -2.62. The monoisotopic (exact) mass is 627 g/mol. The topological polar surface area (TPSA) is 31.2 Å². The van der Waals surface area contributed by atoms with E-state index >= 15 is 0 Å². The molecule has 4 atom stereocenters. The second kappa shape index (κ2) is 12.8. The molecular weight excluding hydrogens is 560 g/mol. The van der Waals surface area contributed by atoms with E-state index in [1.165, 1.54) is 33.6 Å². The van der Waals surface area contributed by atoms with E-state index in [0.717, 1.165) is 37.6 Å². The fourth-order valence-corrected chi connectivity index (χ4v) is 6.32. The third kappa shape index (κ3) is 7.74. The quantitative estimate of drug-likeness (QED) is 0.306. The number of anilines is 2. The number of benzene rings is 2. The molecule has 4 heteroatoms. The van der Waals surface area contributed by atoms with Crippen molar-refractivity contribution in [3.8, 4) is 0 Å². The van der Waals surface area contributed by atoms with Crippen LogP contribution in [0.1, 0.15) is 146 Å². The smallest absolute Gasteiger partial charge is 0.172 e. The van der Waals surface area contributed by atoms with Gasteiger partial charge >= 0.3 is 0 Å². The van der Waals surface area contributed by atoms with Crippen LogP contribution in [-0.2, 0) is 21.7 Å². The largest absolute Gasteiger partial charge is 0.321 e. The van der Waals surface area contributed by atoms with Crippen LogP contribution in [0.5, 0.6) is 0 Å². The summed E-state index contributed by atoms with van der Waals surface area (Å²) in [5, 5.41) is 0. The molecule has 0 saturated heterocycles. The molecule has 0 aromatic heterocycles. The summed E-state index contributed by atoms with van der Waals surface area (Å²) in [6, 6.07) is 15.0. The molecule has 0 fully saturated rings. The molecule has 2 aromatic carbocycles. The molecule has 2 heterocycles. The van der Waals surface area contributed by atoms with E-state index in [0.29, 0.717) is 11.8 Å². The van der Waals surface area contributed by atoms with Crippen LogP contribution in [0.25, 0.3) is 0 Å². The highest BCUT2D eigenvalue weighted by molar-refractivity contribution is 6.50. The van der Waals surface area contributed by atoms with Gasteiger partial charge in [0.15, 0.2) is 11.7 Å². The molecule has 0 bridgehead atoms. The Kier molecular flexibility index (Phi) is 10.1. The SMILES string of the molecule is CC[C@H](C)[C@H]1CN(c2cc(C(C)(C)C)cc(C(C)(C)C)c2)C(C2=N[C@@H]([C@@H](C)CC)CN2c2cc(C(C)(C)C)cc(C(C)(C)C)c2)=N1. The summed E-state index contributed by atoms with van der Waals surface area (Å²) in [6.45, 7) is 39.0. The molecule has 254 valence electrons. The molecule has 0 unspecified atom stereocenters. The lowest BCUT2D eigenvalue weighted by Crippen LogP contribution is -2.43. The maximum atomic E-state index is 5.59. The van der Waals surface area contributed by atoms with Crippen molar-refractivity contribution in [1.82, 2.24) is 0 Å². The van der Waals surface area contributed by atoms with Gasteiger partial charge in [-0.05, 0) is 80.0 Å². The predicted octanol–water partition coefficient (Wildman–Crippen LogP) is 10.8. The molecule has 0 radical (unpaired) electrons. The van der Waals surface area contributed by atoms with Crippen LogP contribution in [0, 0.1) is 11.8 Å². The zero-order chi connectivity index (χ0) is 34.6. The van der Waals surface area contributed by atoms with Crippen molar-refractivity contribution >= 4 is 23.0 Å². The third-order valence-corrected chi connectivity index (χ3v) is 10.6. The van der Waals surface area contributed by atoms with Crippen LogP contribution in [0.4, 0.5) is 11.4 Å². The lowest BCUT2D eigenvalue weighted by Gasteiger charge is -2.32. The number of hydrogen-bond donors (Lipinski definition) is 0. The zero-order valence-electron chi connectivity index (χ0n) is 32.4. The lowest BCUT2D eigenvalue weighted by atomic mass is 9.80. The molecule has 2 aliphatic rings. The van der Waals surface area contributed by atoms with E-state index in [1.54, 1.807) is 0 Å². The summed E-state index contributed by atoms with van der Waals surface area (Å²) in [5.74, 6) is 3.07. The van der Waals surface area contributed by atoms with Gasteiger partial charge in [0, 0.05) is 24.5 Å². The van der Waals surface area contributed by atoms with Gasteiger partial charge in [0.1, 0.15) is 0 Å². The average Bonchev–Trinajstić information content (AvgIpc) is 3.59. The van der Waals surface area contributed by atoms with Crippen molar-refractivity contribution in [2.75, 3.05) is 22.9 Å². The minimum atomic E-state index is 0.0401. The van der Waals surface area contributed by atoms with Crippen LogP contribution < -0.4 is 9.80 Å². The predicted molar refractivity (Wildman–Crippen MR) is 204 cm³/mol. The van der Waals surface area contributed by atoms with Gasteiger partial charge < -0.3 is 9.80 Å². The van der Waals surface area contributed by atoms with E-state index in [9.17, 15) is 0 Å². The second-order valence-corrected chi connectivity index (χ2v) is 18.6. The van der Waals surface area contributed by atoms with E-state index < -0.39 is 0 Å². The number of rotatable bonds is 7. The number of amidine groups is 2. The van der Waals surface area contributed by atoms with Gasteiger partial charge in [-0.2, -0.15) is 0 Å². The Morgan fingerprint density at radius 1 is 0.522 bits per heavy atom. The van der Waals surface area contributed by atoms with Crippen molar-refractivity contribution in [3.05, 3.63) is 58.7 Å². The van der Waals surface area contributed by atoms with Gasteiger partial charge in [-0.1, -0.05) is 136 Å². The Morgan fingerprint density at radius 2 is 0.783 bits per heavy atom. The van der Waals surface area contributed by atoms with E-state index in [2.05, 4.69) is 157 Å². The molecule has 0 saturated carbocycles. The third-order valence-electron chi connectivity index (χ3n) is 10.6. The van der Waals surface area contributed by atoms with Gasteiger partial charge in [0.2, 0.25) is 0 Å². The molecule has 4 rings (SSSR count). The Balaban J connectivity index is 1.96. The van der Waals surface area contributed by atoms with Gasteiger partial charge in [0.25, 0.3) is 0 Å². The van der Waals surface area contributed by atoms with Crippen LogP contribution in [0.3, 0.4) is 0 Å².